The van der Waals surface area contributed by atoms with E-state index in [0.717, 1.165) is 0 Å². The predicted octanol–water partition coefficient (Wildman–Crippen LogP) is 3.11. The number of anilines is 1. The topological polar surface area (TPSA) is 73.1 Å². The number of ether oxygens (including phenoxy) is 1. The fourth-order valence-electron chi connectivity index (χ4n) is 1.15. The lowest BCUT2D eigenvalue weighted by molar-refractivity contribution is 0.427. The van der Waals surface area contributed by atoms with Gasteiger partial charge in [-0.2, -0.15) is 4.98 Å². The summed E-state index contributed by atoms with van der Waals surface area (Å²) < 4.78 is 19.4. The molecule has 0 saturated heterocycles. The van der Waals surface area contributed by atoms with Crippen LogP contribution in [-0.4, -0.2) is 9.97 Å². The maximum absolute atomic E-state index is 13.6. The van der Waals surface area contributed by atoms with Crippen LogP contribution in [0.4, 0.5) is 10.3 Å². The number of hydrazine groups is 1. The van der Waals surface area contributed by atoms with Crippen molar-refractivity contribution in [2.24, 2.45) is 5.84 Å². The van der Waals surface area contributed by atoms with Crippen molar-refractivity contribution >= 4 is 33.5 Å². The summed E-state index contributed by atoms with van der Waals surface area (Å²) >= 11 is 8.98. The van der Waals surface area contributed by atoms with E-state index in [9.17, 15) is 4.39 Å². The van der Waals surface area contributed by atoms with Crippen LogP contribution < -0.4 is 16.0 Å². The zero-order chi connectivity index (χ0) is 13.1. The maximum Gasteiger partial charge on any atom is 0.243 e. The fourth-order valence-corrected chi connectivity index (χ4v) is 1.62. The maximum atomic E-state index is 13.6. The standard InChI is InChI=1S/C10H7BrClFN4O/c11-5-1-2-8(7(13)3-5)18-9-6(12)4-15-10(16-9)17-14/h1-4H,14H2,(H,15,16,17). The van der Waals surface area contributed by atoms with E-state index in [1.165, 1.54) is 18.3 Å². The third-order valence-corrected chi connectivity index (χ3v) is 2.69. The summed E-state index contributed by atoms with van der Waals surface area (Å²) in [6.07, 6.45) is 1.30. The number of nitrogens with zero attached hydrogens (tertiary/aromatic N) is 2. The van der Waals surface area contributed by atoms with Crippen LogP contribution in [0.3, 0.4) is 0 Å². The molecule has 0 fully saturated rings. The second-order valence-corrected chi connectivity index (χ2v) is 4.49. The Morgan fingerprint density at radius 1 is 1.44 bits per heavy atom. The second-order valence-electron chi connectivity index (χ2n) is 3.17. The van der Waals surface area contributed by atoms with Crippen molar-refractivity contribution in [3.05, 3.63) is 39.7 Å². The molecule has 1 heterocycles. The Morgan fingerprint density at radius 2 is 2.22 bits per heavy atom. The van der Waals surface area contributed by atoms with Gasteiger partial charge in [-0.25, -0.2) is 15.2 Å². The summed E-state index contributed by atoms with van der Waals surface area (Å²) in [7, 11) is 0. The van der Waals surface area contributed by atoms with E-state index in [1.54, 1.807) is 6.07 Å². The Balaban J connectivity index is 2.33. The average molecular weight is 334 g/mol. The molecule has 0 amide bonds. The zero-order valence-electron chi connectivity index (χ0n) is 8.82. The lowest BCUT2D eigenvalue weighted by Gasteiger charge is -2.08. The molecular formula is C10H7BrClFN4O. The van der Waals surface area contributed by atoms with Crippen LogP contribution in [0.15, 0.2) is 28.9 Å². The molecule has 0 saturated carbocycles. The van der Waals surface area contributed by atoms with Gasteiger partial charge < -0.3 is 4.74 Å². The molecule has 0 atom stereocenters. The molecule has 0 spiro atoms. The van der Waals surface area contributed by atoms with Crippen LogP contribution in [0.2, 0.25) is 5.02 Å². The zero-order valence-corrected chi connectivity index (χ0v) is 11.2. The van der Waals surface area contributed by atoms with E-state index >= 15 is 0 Å². The summed E-state index contributed by atoms with van der Waals surface area (Å²) in [5, 5.41) is 0.149. The van der Waals surface area contributed by atoms with Crippen LogP contribution in [0, 0.1) is 5.82 Å². The molecule has 5 nitrogen and oxygen atoms in total. The molecule has 18 heavy (non-hydrogen) atoms. The van der Waals surface area contributed by atoms with Crippen LogP contribution in [0.5, 0.6) is 11.6 Å². The molecule has 3 N–H and O–H groups in total. The van der Waals surface area contributed by atoms with Crippen molar-refractivity contribution < 1.29 is 9.13 Å². The molecule has 2 rings (SSSR count). The van der Waals surface area contributed by atoms with Gasteiger partial charge in [0.2, 0.25) is 11.8 Å². The number of halogens is 3. The lowest BCUT2D eigenvalue weighted by atomic mass is 10.3. The number of aromatic nitrogens is 2. The Labute approximate surface area is 115 Å². The first-order chi connectivity index (χ1) is 8.60. The molecule has 1 aromatic carbocycles. The molecule has 2 aromatic rings. The lowest BCUT2D eigenvalue weighted by Crippen LogP contribution is -2.10. The molecule has 0 aliphatic heterocycles. The van der Waals surface area contributed by atoms with Gasteiger partial charge in [-0.3, -0.25) is 5.43 Å². The Bertz CT molecular complexity index is 584. The highest BCUT2D eigenvalue weighted by Gasteiger charge is 2.11. The van der Waals surface area contributed by atoms with Gasteiger partial charge in [0, 0.05) is 4.47 Å². The van der Waals surface area contributed by atoms with Gasteiger partial charge >= 0.3 is 0 Å². The minimum atomic E-state index is -0.540. The van der Waals surface area contributed by atoms with Gasteiger partial charge in [-0.1, -0.05) is 27.5 Å². The predicted molar refractivity (Wildman–Crippen MR) is 69.0 cm³/mol. The summed E-state index contributed by atoms with van der Waals surface area (Å²) in [6.45, 7) is 0. The number of benzene rings is 1. The number of nitrogens with one attached hydrogen (secondary N) is 1. The van der Waals surface area contributed by atoms with E-state index in [1.807, 2.05) is 0 Å². The molecule has 1 aromatic heterocycles. The first kappa shape index (κ1) is 13.0. The number of nitrogens with two attached hydrogens (primary N) is 1. The van der Waals surface area contributed by atoms with Gasteiger partial charge in [0.15, 0.2) is 11.6 Å². The summed E-state index contributed by atoms with van der Waals surface area (Å²) in [5.41, 5.74) is 2.24. The molecule has 0 radical (unpaired) electrons. The van der Waals surface area contributed by atoms with Crippen molar-refractivity contribution in [1.29, 1.82) is 0 Å². The number of rotatable bonds is 3. The molecule has 8 heteroatoms. The van der Waals surface area contributed by atoms with Gasteiger partial charge in [-0.15, -0.1) is 0 Å². The third-order valence-electron chi connectivity index (χ3n) is 1.94. The molecule has 94 valence electrons. The Hall–Kier alpha value is -1.44. The highest BCUT2D eigenvalue weighted by Crippen LogP contribution is 2.30. The van der Waals surface area contributed by atoms with E-state index in [0.29, 0.717) is 4.47 Å². The van der Waals surface area contributed by atoms with Crippen LogP contribution in [0.1, 0.15) is 0 Å². The molecule has 0 aliphatic carbocycles. The van der Waals surface area contributed by atoms with E-state index in [-0.39, 0.29) is 22.6 Å². The number of hydrogen-bond acceptors (Lipinski definition) is 5. The quantitative estimate of drug-likeness (QED) is 0.667. The monoisotopic (exact) mass is 332 g/mol. The minimum Gasteiger partial charge on any atom is -0.434 e. The fraction of sp³-hybridized carbons (Fsp3) is 0. The van der Waals surface area contributed by atoms with Crippen LogP contribution in [0.25, 0.3) is 0 Å². The average Bonchev–Trinajstić information content (AvgIpc) is 2.35. The number of hydrogen-bond donors (Lipinski definition) is 2. The normalized spacial score (nSPS) is 10.2. The largest absolute Gasteiger partial charge is 0.434 e. The highest BCUT2D eigenvalue weighted by molar-refractivity contribution is 9.10. The van der Waals surface area contributed by atoms with E-state index in [2.05, 4.69) is 31.3 Å². The van der Waals surface area contributed by atoms with Crippen molar-refractivity contribution in [3.8, 4) is 11.6 Å². The van der Waals surface area contributed by atoms with Gasteiger partial charge in [0.05, 0.1) is 6.20 Å². The smallest absolute Gasteiger partial charge is 0.243 e. The molecule has 0 bridgehead atoms. The van der Waals surface area contributed by atoms with Gasteiger partial charge in [-0.05, 0) is 18.2 Å². The first-order valence-corrected chi connectivity index (χ1v) is 5.89. The van der Waals surface area contributed by atoms with Crippen LogP contribution >= 0.6 is 27.5 Å². The molecular weight excluding hydrogens is 326 g/mol. The third kappa shape index (κ3) is 2.87. The molecule has 0 unspecified atom stereocenters. The van der Waals surface area contributed by atoms with Crippen molar-refractivity contribution in [2.75, 3.05) is 5.43 Å². The summed E-state index contributed by atoms with van der Waals surface area (Å²) in [5.74, 6) is 4.75. The van der Waals surface area contributed by atoms with Gasteiger partial charge in [0.25, 0.3) is 0 Å². The Morgan fingerprint density at radius 3 is 2.89 bits per heavy atom. The van der Waals surface area contributed by atoms with Gasteiger partial charge in [0.1, 0.15) is 5.02 Å². The van der Waals surface area contributed by atoms with Crippen molar-refractivity contribution in [2.45, 2.75) is 0 Å². The van der Waals surface area contributed by atoms with E-state index in [4.69, 9.17) is 22.2 Å². The Kier molecular flexibility index (Phi) is 3.95. The second kappa shape index (κ2) is 5.47. The minimum absolute atomic E-state index is 0.00164. The summed E-state index contributed by atoms with van der Waals surface area (Å²) in [4.78, 5) is 7.64. The molecule has 0 aliphatic rings. The van der Waals surface area contributed by atoms with Crippen LogP contribution in [-0.2, 0) is 0 Å². The van der Waals surface area contributed by atoms with E-state index < -0.39 is 5.82 Å². The highest BCUT2D eigenvalue weighted by atomic mass is 79.9. The van der Waals surface area contributed by atoms with Crippen molar-refractivity contribution in [3.63, 3.8) is 0 Å². The SMILES string of the molecule is NNc1ncc(Cl)c(Oc2ccc(Br)cc2F)n1. The van der Waals surface area contributed by atoms with Crippen molar-refractivity contribution in [1.82, 2.24) is 9.97 Å². The summed E-state index contributed by atoms with van der Waals surface area (Å²) in [6, 6.07) is 4.36. The number of nitrogen functional groups attached to an aromatic ring is 1. The first-order valence-electron chi connectivity index (χ1n) is 4.72.